The molecule has 31 heavy (non-hydrogen) atoms. The zero-order valence-corrected chi connectivity index (χ0v) is 18.4. The summed E-state index contributed by atoms with van der Waals surface area (Å²) in [5.41, 5.74) is 0.0616. The number of rotatable bonds is 8. The van der Waals surface area contributed by atoms with Crippen LogP contribution in [0.15, 0.2) is 12.1 Å². The van der Waals surface area contributed by atoms with Crippen LogP contribution in [0.2, 0.25) is 0 Å². The van der Waals surface area contributed by atoms with E-state index in [1.54, 1.807) is 0 Å². The Kier molecular flexibility index (Phi) is 7.74. The van der Waals surface area contributed by atoms with Crippen LogP contribution in [0, 0.1) is 5.41 Å². The number of nitrogens with zero attached hydrogens (tertiary/aromatic N) is 1. The van der Waals surface area contributed by atoms with Crippen molar-refractivity contribution < 1.29 is 34.6 Å². The average molecular weight is 452 g/mol. The molecule has 1 amide bonds. The van der Waals surface area contributed by atoms with E-state index in [-0.39, 0.29) is 40.4 Å². The Hall–Kier alpha value is -1.95. The van der Waals surface area contributed by atoms with Crippen molar-refractivity contribution >= 4 is 30.8 Å². The lowest BCUT2D eigenvalue weighted by atomic mass is 9.78. The molecule has 2 fully saturated rings. The maximum absolute atomic E-state index is 12.7. The van der Waals surface area contributed by atoms with Gasteiger partial charge in [0.05, 0.1) is 12.9 Å². The number of carbonyl (C=O) groups is 2. The van der Waals surface area contributed by atoms with Crippen molar-refractivity contribution in [3.8, 4) is 11.5 Å². The highest BCUT2D eigenvalue weighted by Crippen LogP contribution is 2.39. The highest BCUT2D eigenvalue weighted by molar-refractivity contribution is 8.01. The Balaban J connectivity index is 1.63. The monoisotopic (exact) mass is 452 g/mol. The van der Waals surface area contributed by atoms with Crippen molar-refractivity contribution in [2.45, 2.75) is 30.8 Å². The summed E-state index contributed by atoms with van der Waals surface area (Å²) in [4.78, 5) is 26.0. The predicted octanol–water partition coefficient (Wildman–Crippen LogP) is 0.357. The van der Waals surface area contributed by atoms with E-state index in [9.17, 15) is 29.9 Å². The number of aromatic carboxylic acids is 1. The van der Waals surface area contributed by atoms with Gasteiger partial charge in [-0.1, -0.05) is 6.07 Å². The molecule has 0 aromatic heterocycles. The van der Waals surface area contributed by atoms with E-state index in [1.807, 2.05) is 4.90 Å². The molecule has 2 heterocycles. The molecule has 0 saturated carbocycles. The number of likely N-dealkylation sites (tertiary alicyclic amines) is 1. The number of hydrogen-bond donors (Lipinski definition) is 5. The van der Waals surface area contributed by atoms with Crippen LogP contribution in [0.3, 0.4) is 0 Å². The minimum atomic E-state index is -1.73. The molecule has 0 aliphatic carbocycles. The maximum Gasteiger partial charge on any atom is 0.465 e. The molecule has 2 aliphatic rings. The van der Waals surface area contributed by atoms with Crippen LogP contribution in [0.1, 0.15) is 35.2 Å². The Labute approximate surface area is 185 Å². The van der Waals surface area contributed by atoms with Gasteiger partial charge in [0, 0.05) is 18.2 Å². The van der Waals surface area contributed by atoms with Gasteiger partial charge in [-0.05, 0) is 55.8 Å². The van der Waals surface area contributed by atoms with Gasteiger partial charge in [-0.3, -0.25) is 4.79 Å². The normalized spacial score (nSPS) is 18.7. The minimum Gasteiger partial charge on any atom is -0.507 e. The first-order valence-electron chi connectivity index (χ1n) is 10.3. The zero-order valence-electron chi connectivity index (χ0n) is 17.5. The van der Waals surface area contributed by atoms with Crippen LogP contribution in [0.5, 0.6) is 11.5 Å². The van der Waals surface area contributed by atoms with E-state index < -0.39 is 24.0 Å². The van der Waals surface area contributed by atoms with Crippen LogP contribution in [0.4, 0.5) is 0 Å². The Bertz CT molecular complexity index is 817. The van der Waals surface area contributed by atoms with Gasteiger partial charge < -0.3 is 35.2 Å². The molecule has 1 spiro atoms. The summed E-state index contributed by atoms with van der Waals surface area (Å²) in [5.74, 6) is -1.77. The number of ether oxygens (including phenoxy) is 1. The van der Waals surface area contributed by atoms with E-state index in [1.165, 1.54) is 19.2 Å². The Morgan fingerprint density at radius 3 is 2.61 bits per heavy atom. The Morgan fingerprint density at radius 2 is 2.00 bits per heavy atom. The molecule has 2 aliphatic heterocycles. The topological polar surface area (TPSA) is 140 Å². The first-order chi connectivity index (χ1) is 14.8. The summed E-state index contributed by atoms with van der Waals surface area (Å²) in [6, 6.07) is 2.90. The van der Waals surface area contributed by atoms with Gasteiger partial charge in [-0.15, -0.1) is 0 Å². The van der Waals surface area contributed by atoms with E-state index in [0.717, 1.165) is 50.7 Å². The third-order valence-corrected chi connectivity index (χ3v) is 7.54. The molecule has 3 rings (SSSR count). The summed E-state index contributed by atoms with van der Waals surface area (Å²) in [6.45, 7) is 3.40. The summed E-state index contributed by atoms with van der Waals surface area (Å²) in [5, 5.41) is 41.9. The quantitative estimate of drug-likeness (QED) is 0.354. The van der Waals surface area contributed by atoms with Gasteiger partial charge in [0.1, 0.15) is 17.1 Å². The number of benzene rings is 1. The summed E-state index contributed by atoms with van der Waals surface area (Å²) >= 11 is 1.09. The largest absolute Gasteiger partial charge is 0.507 e. The maximum atomic E-state index is 12.7. The van der Waals surface area contributed by atoms with E-state index in [4.69, 9.17) is 4.74 Å². The number of carbonyl (C=O) groups excluding carboxylic acids is 1. The van der Waals surface area contributed by atoms with Crippen molar-refractivity contribution in [2.24, 2.45) is 5.41 Å². The lowest BCUT2D eigenvalue weighted by Crippen LogP contribution is -2.40. The predicted molar refractivity (Wildman–Crippen MR) is 117 cm³/mol. The highest BCUT2D eigenvalue weighted by atomic mass is 32.2. The SMILES string of the molecule is COc1ccc(CC(SCC(=O)N2CCC3(CCNCC3)C2)B(O)O)c(O)c1C(=O)O. The standard InChI is InChI=1S/C20H29BN2O7S/c1-30-14-3-2-13(18(25)17(14)19(26)27)10-15(21(28)29)31-11-16(24)23-9-6-20(12-23)4-7-22-8-5-20/h2-3,15,22,25,28-29H,4-12H2,1H3,(H,26,27). The first kappa shape index (κ1) is 23.7. The number of aromatic hydroxyl groups is 1. The molecule has 170 valence electrons. The average Bonchev–Trinajstić information content (AvgIpc) is 3.14. The lowest BCUT2D eigenvalue weighted by Gasteiger charge is -2.33. The summed E-state index contributed by atoms with van der Waals surface area (Å²) < 4.78 is 4.98. The number of phenols is 1. The summed E-state index contributed by atoms with van der Waals surface area (Å²) in [7, 11) is -0.434. The fraction of sp³-hybridized carbons (Fsp3) is 0.600. The van der Waals surface area contributed by atoms with Gasteiger partial charge in [0.2, 0.25) is 5.91 Å². The number of hydrogen-bond acceptors (Lipinski definition) is 8. The van der Waals surface area contributed by atoms with E-state index in [0.29, 0.717) is 6.54 Å². The number of thioether (sulfide) groups is 1. The molecule has 1 aromatic rings. The first-order valence-corrected chi connectivity index (χ1v) is 11.4. The summed E-state index contributed by atoms with van der Waals surface area (Å²) in [6.07, 6.45) is 3.10. The zero-order chi connectivity index (χ0) is 22.6. The molecule has 1 unspecified atom stereocenters. The Morgan fingerprint density at radius 1 is 1.29 bits per heavy atom. The number of amides is 1. The van der Waals surface area contributed by atoms with E-state index in [2.05, 4.69) is 5.32 Å². The van der Waals surface area contributed by atoms with Crippen LogP contribution >= 0.6 is 11.8 Å². The number of carboxylic acid groups (broad SMARTS) is 1. The second kappa shape index (κ2) is 10.1. The van der Waals surface area contributed by atoms with Gasteiger partial charge in [-0.25, -0.2) is 4.79 Å². The fourth-order valence-corrected chi connectivity index (χ4v) is 5.42. The number of nitrogens with one attached hydrogen (secondary N) is 1. The van der Waals surface area contributed by atoms with Gasteiger partial charge in [-0.2, -0.15) is 11.8 Å². The van der Waals surface area contributed by atoms with Crippen LogP contribution < -0.4 is 10.1 Å². The highest BCUT2D eigenvalue weighted by Gasteiger charge is 2.40. The number of piperidine rings is 1. The molecule has 5 N–H and O–H groups in total. The molecule has 0 radical (unpaired) electrons. The number of carboxylic acids is 1. The second-order valence-corrected chi connectivity index (χ2v) is 9.47. The smallest absolute Gasteiger partial charge is 0.465 e. The van der Waals surface area contributed by atoms with Crippen molar-refractivity contribution in [3.05, 3.63) is 23.3 Å². The molecular weight excluding hydrogens is 423 g/mol. The lowest BCUT2D eigenvalue weighted by molar-refractivity contribution is -0.127. The molecular formula is C20H29BN2O7S. The van der Waals surface area contributed by atoms with Crippen LogP contribution in [0.25, 0.3) is 0 Å². The van der Waals surface area contributed by atoms with Crippen LogP contribution in [-0.2, 0) is 11.2 Å². The molecule has 11 heteroatoms. The van der Waals surface area contributed by atoms with Gasteiger partial charge in [0.25, 0.3) is 0 Å². The van der Waals surface area contributed by atoms with Crippen molar-refractivity contribution in [2.75, 3.05) is 39.0 Å². The molecule has 9 nitrogen and oxygen atoms in total. The third-order valence-electron chi connectivity index (χ3n) is 6.29. The van der Waals surface area contributed by atoms with Crippen molar-refractivity contribution in [1.82, 2.24) is 10.2 Å². The van der Waals surface area contributed by atoms with Crippen molar-refractivity contribution in [1.29, 1.82) is 0 Å². The second-order valence-electron chi connectivity index (χ2n) is 8.24. The van der Waals surface area contributed by atoms with Gasteiger partial charge in [0.15, 0.2) is 0 Å². The molecule has 1 atom stereocenters. The molecule has 2 saturated heterocycles. The minimum absolute atomic E-state index is 0.0125. The third kappa shape index (κ3) is 5.46. The molecule has 1 aromatic carbocycles. The van der Waals surface area contributed by atoms with Gasteiger partial charge >= 0.3 is 13.1 Å². The van der Waals surface area contributed by atoms with E-state index >= 15 is 0 Å². The number of methoxy groups -OCH3 is 1. The van der Waals surface area contributed by atoms with Crippen molar-refractivity contribution in [3.63, 3.8) is 0 Å². The fourth-order valence-electron chi connectivity index (χ4n) is 4.41. The van der Waals surface area contributed by atoms with Crippen LogP contribution in [-0.4, -0.2) is 88.3 Å². The molecule has 0 bridgehead atoms.